The molecule has 0 spiro atoms. The Morgan fingerprint density at radius 2 is 2.00 bits per heavy atom. The molecule has 1 aromatic heterocycles. The Balaban J connectivity index is 0.00000312. The molecule has 0 aromatic carbocycles. The molecule has 25 heavy (non-hydrogen) atoms. The fourth-order valence-electron chi connectivity index (χ4n) is 2.56. The first-order valence-electron chi connectivity index (χ1n) is 8.17. The molecule has 1 aromatic rings. The minimum absolute atomic E-state index is 0. The van der Waals surface area contributed by atoms with E-state index in [1.54, 1.807) is 33.0 Å². The Morgan fingerprint density at radius 1 is 1.32 bits per heavy atom. The number of nitrogens with zero attached hydrogens (tertiary/aromatic N) is 6. The summed E-state index contributed by atoms with van der Waals surface area (Å²) in [6.07, 6.45) is 0.567. The predicted octanol–water partition coefficient (Wildman–Crippen LogP) is 0.167. The van der Waals surface area contributed by atoms with Gasteiger partial charge in [0.15, 0.2) is 11.8 Å². The van der Waals surface area contributed by atoms with Crippen molar-refractivity contribution in [3.8, 4) is 0 Å². The number of amides is 1. The number of aromatic nitrogens is 2. The largest absolute Gasteiger partial charge is 0.349 e. The summed E-state index contributed by atoms with van der Waals surface area (Å²) in [5.74, 6) is 2.18. The first kappa shape index (κ1) is 21.6. The van der Waals surface area contributed by atoms with Crippen LogP contribution < -0.4 is 5.32 Å². The third-order valence-corrected chi connectivity index (χ3v) is 4.00. The highest BCUT2D eigenvalue weighted by atomic mass is 127. The molecule has 1 N–H and O–H groups in total. The van der Waals surface area contributed by atoms with E-state index in [1.165, 1.54) is 0 Å². The van der Waals surface area contributed by atoms with E-state index in [9.17, 15) is 4.79 Å². The molecule has 1 amide bonds. The number of carbonyl (C=O) groups is 1. The summed E-state index contributed by atoms with van der Waals surface area (Å²) in [5, 5.41) is 7.13. The molecule has 9 nitrogen and oxygen atoms in total. The Labute approximate surface area is 165 Å². The van der Waals surface area contributed by atoms with Crippen LogP contribution in [0.4, 0.5) is 0 Å². The standard InChI is InChI=1S/C15H27N7O2.HI/c1-12-18-13(19-24-12)11-17-15(16-2)22-9-7-21(8-10-22)6-5-14(23)20(3)4;/h5-11H2,1-4H3,(H,16,17);1H. The second-order valence-corrected chi connectivity index (χ2v) is 6.00. The van der Waals surface area contributed by atoms with Crippen LogP contribution in [0.5, 0.6) is 0 Å². The van der Waals surface area contributed by atoms with Gasteiger partial charge in [-0.25, -0.2) is 0 Å². The number of hydrogen-bond acceptors (Lipinski definition) is 6. The fourth-order valence-corrected chi connectivity index (χ4v) is 2.56. The van der Waals surface area contributed by atoms with Gasteiger partial charge in [-0.3, -0.25) is 14.7 Å². The summed E-state index contributed by atoms with van der Waals surface area (Å²) in [4.78, 5) is 26.3. The number of guanidine groups is 1. The fraction of sp³-hybridized carbons (Fsp3) is 0.733. The number of halogens is 1. The molecule has 0 bridgehead atoms. The van der Waals surface area contributed by atoms with Crippen LogP contribution in [0.1, 0.15) is 18.1 Å². The third-order valence-electron chi connectivity index (χ3n) is 4.00. The molecule has 1 saturated heterocycles. The smallest absolute Gasteiger partial charge is 0.223 e. The van der Waals surface area contributed by atoms with Gasteiger partial charge in [-0.15, -0.1) is 24.0 Å². The quantitative estimate of drug-likeness (QED) is 0.377. The van der Waals surface area contributed by atoms with Crippen LogP contribution >= 0.6 is 24.0 Å². The lowest BCUT2D eigenvalue weighted by molar-refractivity contribution is -0.129. The van der Waals surface area contributed by atoms with Crippen LogP contribution in [0.2, 0.25) is 0 Å². The number of hydrogen-bond donors (Lipinski definition) is 1. The van der Waals surface area contributed by atoms with Crippen LogP contribution in [0.3, 0.4) is 0 Å². The molecule has 142 valence electrons. The van der Waals surface area contributed by atoms with E-state index in [-0.39, 0.29) is 29.9 Å². The highest BCUT2D eigenvalue weighted by molar-refractivity contribution is 14.0. The first-order chi connectivity index (χ1) is 11.5. The molecule has 0 unspecified atom stereocenters. The van der Waals surface area contributed by atoms with Crippen LogP contribution in [-0.2, 0) is 11.3 Å². The Morgan fingerprint density at radius 3 is 2.52 bits per heavy atom. The van der Waals surface area contributed by atoms with Gasteiger partial charge in [0.05, 0.1) is 6.54 Å². The maximum atomic E-state index is 11.7. The van der Waals surface area contributed by atoms with E-state index in [2.05, 4.69) is 30.2 Å². The topological polar surface area (TPSA) is 90.1 Å². The number of nitrogens with one attached hydrogen (secondary N) is 1. The van der Waals surface area contributed by atoms with Crippen LogP contribution in [0, 0.1) is 6.92 Å². The number of carbonyl (C=O) groups excluding carboxylic acids is 1. The average molecular weight is 465 g/mol. The minimum Gasteiger partial charge on any atom is -0.349 e. The third kappa shape index (κ3) is 6.77. The highest BCUT2D eigenvalue weighted by Crippen LogP contribution is 2.04. The van der Waals surface area contributed by atoms with E-state index in [0.717, 1.165) is 38.7 Å². The van der Waals surface area contributed by atoms with Crippen LogP contribution in [0.25, 0.3) is 0 Å². The van der Waals surface area contributed by atoms with E-state index < -0.39 is 0 Å². The van der Waals surface area contributed by atoms with Gasteiger partial charge in [0.2, 0.25) is 11.8 Å². The van der Waals surface area contributed by atoms with E-state index in [4.69, 9.17) is 4.52 Å². The maximum Gasteiger partial charge on any atom is 0.223 e. The molecule has 10 heteroatoms. The maximum absolute atomic E-state index is 11.7. The zero-order valence-corrected chi connectivity index (χ0v) is 17.7. The Bertz CT molecular complexity index is 568. The second kappa shape index (κ2) is 10.5. The summed E-state index contributed by atoms with van der Waals surface area (Å²) in [7, 11) is 5.36. The van der Waals surface area contributed by atoms with Gasteiger partial charge in [0, 0.05) is 67.2 Å². The van der Waals surface area contributed by atoms with Crippen molar-refractivity contribution in [2.75, 3.05) is 53.9 Å². The first-order valence-corrected chi connectivity index (χ1v) is 8.17. The molecule has 2 heterocycles. The van der Waals surface area contributed by atoms with Gasteiger partial charge in [0.25, 0.3) is 0 Å². The lowest BCUT2D eigenvalue weighted by Crippen LogP contribution is -2.52. The lowest BCUT2D eigenvalue weighted by atomic mass is 10.3. The monoisotopic (exact) mass is 465 g/mol. The highest BCUT2D eigenvalue weighted by Gasteiger charge is 2.20. The molecule has 0 radical (unpaired) electrons. The summed E-state index contributed by atoms with van der Waals surface area (Å²) in [6, 6.07) is 0. The molecule has 2 rings (SSSR count). The van der Waals surface area contributed by atoms with Crippen molar-refractivity contribution in [3.05, 3.63) is 11.7 Å². The van der Waals surface area contributed by atoms with Gasteiger partial charge in [-0.2, -0.15) is 4.98 Å². The van der Waals surface area contributed by atoms with Crippen molar-refractivity contribution in [1.29, 1.82) is 0 Å². The number of aryl methyl sites for hydroxylation is 1. The minimum atomic E-state index is 0. The number of aliphatic imine (C=N–C) groups is 1. The lowest BCUT2D eigenvalue weighted by Gasteiger charge is -2.36. The zero-order chi connectivity index (χ0) is 17.5. The van der Waals surface area contributed by atoms with Crippen molar-refractivity contribution in [2.45, 2.75) is 19.9 Å². The van der Waals surface area contributed by atoms with E-state index in [0.29, 0.717) is 24.7 Å². The summed E-state index contributed by atoms with van der Waals surface area (Å²) in [6.45, 7) is 6.65. The molecule has 1 aliphatic rings. The molecular weight excluding hydrogens is 437 g/mol. The van der Waals surface area contributed by atoms with Crippen LogP contribution in [0.15, 0.2) is 9.52 Å². The molecular formula is C15H28IN7O2. The van der Waals surface area contributed by atoms with Crippen molar-refractivity contribution in [3.63, 3.8) is 0 Å². The predicted molar refractivity (Wildman–Crippen MR) is 106 cm³/mol. The summed E-state index contributed by atoms with van der Waals surface area (Å²) >= 11 is 0. The van der Waals surface area contributed by atoms with Gasteiger partial charge in [-0.05, 0) is 0 Å². The SMILES string of the molecule is CN=C(NCc1noc(C)n1)N1CCN(CCC(=O)N(C)C)CC1.I. The van der Waals surface area contributed by atoms with Gasteiger partial charge >= 0.3 is 0 Å². The molecule has 0 atom stereocenters. The normalized spacial score (nSPS) is 15.7. The number of rotatable bonds is 5. The summed E-state index contributed by atoms with van der Waals surface area (Å²) in [5.41, 5.74) is 0. The molecule has 0 aliphatic carbocycles. The molecule has 1 fully saturated rings. The average Bonchev–Trinajstić information content (AvgIpc) is 2.99. The van der Waals surface area contributed by atoms with Gasteiger partial charge < -0.3 is 19.6 Å². The van der Waals surface area contributed by atoms with E-state index >= 15 is 0 Å². The van der Waals surface area contributed by atoms with Crippen molar-refractivity contribution >= 4 is 35.8 Å². The zero-order valence-electron chi connectivity index (χ0n) is 15.4. The Kier molecular flexibility index (Phi) is 9.11. The van der Waals surface area contributed by atoms with E-state index in [1.807, 2.05) is 0 Å². The second-order valence-electron chi connectivity index (χ2n) is 6.00. The molecule has 0 saturated carbocycles. The number of piperazine rings is 1. The summed E-state index contributed by atoms with van der Waals surface area (Å²) < 4.78 is 4.96. The van der Waals surface area contributed by atoms with Gasteiger partial charge in [0.1, 0.15) is 0 Å². The van der Waals surface area contributed by atoms with Crippen molar-refractivity contribution in [1.82, 2.24) is 30.2 Å². The van der Waals surface area contributed by atoms with Crippen molar-refractivity contribution < 1.29 is 9.32 Å². The van der Waals surface area contributed by atoms with Gasteiger partial charge in [-0.1, -0.05) is 5.16 Å². The molecule has 1 aliphatic heterocycles. The van der Waals surface area contributed by atoms with Crippen LogP contribution in [-0.4, -0.2) is 90.6 Å². The Hall–Kier alpha value is -1.43. The van der Waals surface area contributed by atoms with Crippen molar-refractivity contribution in [2.24, 2.45) is 4.99 Å².